The molecular weight excluding hydrogens is 472 g/mol. The van der Waals surface area contributed by atoms with Crippen LogP contribution in [-0.2, 0) is 19.9 Å². The Morgan fingerprint density at radius 1 is 1.22 bits per heavy atom. The van der Waals surface area contributed by atoms with Crippen molar-refractivity contribution >= 4 is 36.4 Å². The van der Waals surface area contributed by atoms with Crippen LogP contribution in [0.2, 0.25) is 18.6 Å². The van der Waals surface area contributed by atoms with Crippen molar-refractivity contribution in [2.24, 2.45) is 0 Å². The Kier molecular flexibility index (Phi) is 6.30. The summed E-state index contributed by atoms with van der Waals surface area (Å²) in [7, 11) is -0.500. The second-order valence-corrected chi connectivity index (χ2v) is 15.2. The lowest BCUT2D eigenvalue weighted by molar-refractivity contribution is -0.142. The van der Waals surface area contributed by atoms with Crippen LogP contribution in [0.1, 0.15) is 24.8 Å². The average Bonchev–Trinajstić information content (AvgIpc) is 3.36. The second kappa shape index (κ2) is 9.17. The Hall–Kier alpha value is -2.94. The van der Waals surface area contributed by atoms with Gasteiger partial charge in [-0.3, -0.25) is 9.59 Å². The fourth-order valence-electron chi connectivity index (χ4n) is 6.07. The van der Waals surface area contributed by atoms with Crippen LogP contribution in [0.4, 0.5) is 11.4 Å². The van der Waals surface area contributed by atoms with E-state index in [2.05, 4.69) is 31.8 Å². The number of methoxy groups -OCH3 is 1. The molecule has 3 aliphatic heterocycles. The number of fused-ring (bicyclic) bond motifs is 2. The van der Waals surface area contributed by atoms with Crippen molar-refractivity contribution in [3.63, 3.8) is 0 Å². The van der Waals surface area contributed by atoms with E-state index in [1.807, 2.05) is 30.3 Å². The van der Waals surface area contributed by atoms with E-state index >= 15 is 0 Å². The van der Waals surface area contributed by atoms with E-state index in [1.54, 1.807) is 23.0 Å². The summed E-state index contributed by atoms with van der Waals surface area (Å²) in [6, 6.07) is 14.0. The fourth-order valence-corrected chi connectivity index (χ4v) is 9.49. The van der Waals surface area contributed by atoms with Crippen LogP contribution in [0, 0.1) is 0 Å². The number of anilines is 2. The highest BCUT2D eigenvalue weighted by atomic mass is 28.3. The van der Waals surface area contributed by atoms with Crippen LogP contribution in [0.3, 0.4) is 0 Å². The van der Waals surface area contributed by atoms with E-state index in [1.165, 1.54) is 5.19 Å². The molecule has 2 aromatic rings. The second-order valence-electron chi connectivity index (χ2n) is 10.5. The molecule has 2 saturated heterocycles. The predicted octanol–water partition coefficient (Wildman–Crippen LogP) is 3.32. The van der Waals surface area contributed by atoms with Crippen molar-refractivity contribution in [2.45, 2.75) is 49.6 Å². The summed E-state index contributed by atoms with van der Waals surface area (Å²) < 4.78 is 12.1. The zero-order valence-electron chi connectivity index (χ0n) is 21.2. The van der Waals surface area contributed by atoms with Crippen LogP contribution in [0.25, 0.3) is 0 Å². The zero-order valence-corrected chi connectivity index (χ0v) is 22.2. The molecule has 1 N–H and O–H groups in total. The van der Waals surface area contributed by atoms with Gasteiger partial charge in [0.15, 0.2) is 5.60 Å². The number of aliphatic hydroxyl groups excluding tert-OH is 1. The number of aliphatic hydroxyl groups is 1. The predicted molar refractivity (Wildman–Crippen MR) is 143 cm³/mol. The molecule has 2 fully saturated rings. The molecule has 36 heavy (non-hydrogen) atoms. The minimum Gasteiger partial charge on any atom is -0.497 e. The number of benzene rings is 2. The maximum Gasteiger partial charge on any atom is 0.264 e. The van der Waals surface area contributed by atoms with E-state index < -0.39 is 13.7 Å². The first-order chi connectivity index (χ1) is 17.3. The van der Waals surface area contributed by atoms with Gasteiger partial charge in [0.25, 0.3) is 5.91 Å². The number of carbonyl (C=O) groups excluding carboxylic acids is 2. The highest BCUT2D eigenvalue weighted by Gasteiger charge is 2.61. The number of hydrogen-bond donors (Lipinski definition) is 1. The summed E-state index contributed by atoms with van der Waals surface area (Å²) in [5, 5.41) is 11.2. The minimum atomic E-state index is -2.16. The molecular formula is C28H34N2O5Si. The molecule has 7 nitrogen and oxygen atoms in total. The molecule has 3 unspecified atom stereocenters. The molecule has 8 heteroatoms. The van der Waals surface area contributed by atoms with Crippen molar-refractivity contribution in [2.75, 3.05) is 36.6 Å². The topological polar surface area (TPSA) is 79.3 Å². The first-order valence-electron chi connectivity index (χ1n) is 12.6. The van der Waals surface area contributed by atoms with Gasteiger partial charge in [0.2, 0.25) is 5.91 Å². The largest absolute Gasteiger partial charge is 0.497 e. The van der Waals surface area contributed by atoms with Crippen molar-refractivity contribution in [3.05, 3.63) is 60.7 Å². The number of amides is 2. The van der Waals surface area contributed by atoms with Crippen molar-refractivity contribution < 1.29 is 24.2 Å². The first kappa shape index (κ1) is 24.7. The maximum absolute atomic E-state index is 14.1. The zero-order chi connectivity index (χ0) is 25.7. The van der Waals surface area contributed by atoms with Gasteiger partial charge in [-0.25, -0.2) is 0 Å². The fraction of sp³-hybridized carbons (Fsp3) is 0.429. The molecule has 3 heterocycles. The third kappa shape index (κ3) is 3.70. The van der Waals surface area contributed by atoms with E-state index in [0.29, 0.717) is 32.4 Å². The summed E-state index contributed by atoms with van der Waals surface area (Å²) in [5.41, 5.74) is 1.40. The number of ether oxygens (including phenoxy) is 2. The maximum atomic E-state index is 14.1. The standard InChI is InChI=1S/C28H34N2O5Si/c1-5-14-30-23-11-6-19(29-15-12-26(29)32)17-22(23)28(27(30)33)18-25(24(35-28)13-16-31)36(3,4)21-9-7-20(34-2)8-10-21/h5-11,17,24-25,31H,1,12-16,18H2,2-4H3. The smallest absolute Gasteiger partial charge is 0.264 e. The molecule has 1 spiro atoms. The molecule has 0 aromatic heterocycles. The lowest BCUT2D eigenvalue weighted by Gasteiger charge is -2.33. The molecule has 0 saturated carbocycles. The third-order valence-corrected chi connectivity index (χ3v) is 12.5. The number of β-lactam (4-membered cyclic amide) rings is 1. The Labute approximate surface area is 213 Å². The van der Waals surface area contributed by atoms with Gasteiger partial charge in [0.1, 0.15) is 5.75 Å². The van der Waals surface area contributed by atoms with Crippen LogP contribution < -0.4 is 19.7 Å². The highest BCUT2D eigenvalue weighted by Crippen LogP contribution is 2.57. The van der Waals surface area contributed by atoms with Gasteiger partial charge in [0.05, 0.1) is 27.0 Å². The Morgan fingerprint density at radius 3 is 2.56 bits per heavy atom. The number of carbonyl (C=O) groups is 2. The minimum absolute atomic E-state index is 0.00984. The van der Waals surface area contributed by atoms with Crippen LogP contribution in [-0.4, -0.2) is 57.9 Å². The van der Waals surface area contributed by atoms with Crippen molar-refractivity contribution in [1.82, 2.24) is 0 Å². The van der Waals surface area contributed by atoms with Gasteiger partial charge in [-0.1, -0.05) is 36.5 Å². The Bertz CT molecular complexity index is 1200. The normalized spacial score (nSPS) is 25.3. The summed E-state index contributed by atoms with van der Waals surface area (Å²) in [6.45, 7) is 9.53. The molecule has 3 aliphatic rings. The summed E-state index contributed by atoms with van der Waals surface area (Å²) in [6.07, 6.45) is 3.02. The summed E-state index contributed by atoms with van der Waals surface area (Å²) >= 11 is 0. The van der Waals surface area contributed by atoms with Gasteiger partial charge in [-0.15, -0.1) is 6.58 Å². The van der Waals surface area contributed by atoms with E-state index in [0.717, 1.165) is 22.7 Å². The van der Waals surface area contributed by atoms with Gasteiger partial charge in [-0.05, 0) is 48.7 Å². The molecule has 0 radical (unpaired) electrons. The number of nitrogens with zero attached hydrogens (tertiary/aromatic N) is 2. The molecule has 0 aliphatic carbocycles. The van der Waals surface area contributed by atoms with E-state index in [-0.39, 0.29) is 30.1 Å². The van der Waals surface area contributed by atoms with Gasteiger partial charge in [-0.2, -0.15) is 0 Å². The molecule has 2 amide bonds. The van der Waals surface area contributed by atoms with Gasteiger partial charge in [0, 0.05) is 37.4 Å². The average molecular weight is 507 g/mol. The Balaban J connectivity index is 1.58. The molecule has 190 valence electrons. The number of rotatable bonds is 8. The SMILES string of the molecule is C=CCN1C(=O)C2(CC([Si](C)(C)c3ccc(OC)cc3)C(CCO)O2)c2cc(N3CCC3=O)ccc21. The summed E-state index contributed by atoms with van der Waals surface area (Å²) in [4.78, 5) is 29.7. The first-order valence-corrected chi connectivity index (χ1v) is 15.7. The molecule has 2 aromatic carbocycles. The lowest BCUT2D eigenvalue weighted by atomic mass is 9.91. The van der Waals surface area contributed by atoms with Crippen LogP contribution >= 0.6 is 0 Å². The summed E-state index contributed by atoms with van der Waals surface area (Å²) in [5.74, 6) is 0.810. The van der Waals surface area contributed by atoms with Crippen LogP contribution in [0.15, 0.2) is 55.1 Å². The highest BCUT2D eigenvalue weighted by molar-refractivity contribution is 6.91. The van der Waals surface area contributed by atoms with Crippen LogP contribution in [0.5, 0.6) is 5.75 Å². The lowest BCUT2D eigenvalue weighted by Crippen LogP contribution is -2.49. The number of hydrogen-bond acceptors (Lipinski definition) is 5. The Morgan fingerprint density at radius 2 is 1.97 bits per heavy atom. The van der Waals surface area contributed by atoms with E-state index in [4.69, 9.17) is 9.47 Å². The quantitative estimate of drug-likeness (QED) is 0.338. The van der Waals surface area contributed by atoms with Gasteiger partial charge < -0.3 is 24.4 Å². The van der Waals surface area contributed by atoms with Gasteiger partial charge >= 0.3 is 0 Å². The van der Waals surface area contributed by atoms with Crippen molar-refractivity contribution in [1.29, 1.82) is 0 Å². The molecule has 5 rings (SSSR count). The molecule has 3 atom stereocenters. The molecule has 0 bridgehead atoms. The van der Waals surface area contributed by atoms with E-state index in [9.17, 15) is 14.7 Å². The third-order valence-electron chi connectivity index (χ3n) is 8.25. The monoisotopic (exact) mass is 506 g/mol. The van der Waals surface area contributed by atoms with Crippen molar-refractivity contribution in [3.8, 4) is 5.75 Å².